The first-order valence-electron chi connectivity index (χ1n) is 9.15. The van der Waals surface area contributed by atoms with Crippen molar-refractivity contribution in [3.63, 3.8) is 0 Å². The minimum absolute atomic E-state index is 0.0544. The Morgan fingerprint density at radius 3 is 2.81 bits per heavy atom. The number of carbonyl (C=O) groups is 1. The molecule has 1 aliphatic rings. The average Bonchev–Trinajstić information content (AvgIpc) is 3.25. The molecule has 27 heavy (non-hydrogen) atoms. The summed E-state index contributed by atoms with van der Waals surface area (Å²) in [4.78, 5) is 31.3. The van der Waals surface area contributed by atoms with Gasteiger partial charge in [0.25, 0.3) is 0 Å². The number of likely N-dealkylation sites (tertiary alicyclic amines) is 1. The van der Waals surface area contributed by atoms with Crippen LogP contribution >= 0.6 is 0 Å². The second-order valence-electron chi connectivity index (χ2n) is 7.09. The van der Waals surface area contributed by atoms with E-state index in [0.717, 1.165) is 17.5 Å². The summed E-state index contributed by atoms with van der Waals surface area (Å²) in [6.45, 7) is 3.67. The summed E-state index contributed by atoms with van der Waals surface area (Å²) in [5.41, 5.74) is 3.66. The number of nitrogens with one attached hydrogen (secondary N) is 1. The molecule has 0 bridgehead atoms. The van der Waals surface area contributed by atoms with Crippen molar-refractivity contribution in [3.8, 4) is 0 Å². The molecule has 0 radical (unpaired) electrons. The van der Waals surface area contributed by atoms with E-state index in [9.17, 15) is 9.59 Å². The van der Waals surface area contributed by atoms with Crippen LogP contribution in [0.3, 0.4) is 0 Å². The van der Waals surface area contributed by atoms with Gasteiger partial charge in [-0.25, -0.2) is 14.6 Å². The molecule has 0 saturated carbocycles. The number of carbonyl (C=O) groups excluding carboxylic acids is 1. The lowest BCUT2D eigenvalue weighted by Gasteiger charge is -2.18. The van der Waals surface area contributed by atoms with Gasteiger partial charge in [0.1, 0.15) is 0 Å². The summed E-state index contributed by atoms with van der Waals surface area (Å²) in [7, 11) is 1.75. The molecule has 7 nitrogen and oxygen atoms in total. The van der Waals surface area contributed by atoms with Crippen LogP contribution < -0.4 is 11.0 Å². The van der Waals surface area contributed by atoms with E-state index in [-0.39, 0.29) is 17.8 Å². The molecule has 1 aliphatic heterocycles. The number of hydrogen-bond acceptors (Lipinski definition) is 3. The normalized spacial score (nSPS) is 16.8. The fourth-order valence-electron chi connectivity index (χ4n) is 3.65. The van der Waals surface area contributed by atoms with Crippen molar-refractivity contribution in [1.82, 2.24) is 24.3 Å². The van der Waals surface area contributed by atoms with Crippen molar-refractivity contribution in [2.75, 3.05) is 13.1 Å². The summed E-state index contributed by atoms with van der Waals surface area (Å²) >= 11 is 0. The largest absolute Gasteiger partial charge is 0.334 e. The molecular weight excluding hydrogens is 342 g/mol. The maximum Gasteiger partial charge on any atom is 0.330 e. The Morgan fingerprint density at radius 1 is 1.26 bits per heavy atom. The fraction of sp³-hybridized carbons (Fsp3) is 0.350. The van der Waals surface area contributed by atoms with Crippen LogP contribution in [-0.2, 0) is 13.6 Å². The quantitative estimate of drug-likeness (QED) is 0.773. The Labute approximate surface area is 157 Å². The summed E-state index contributed by atoms with van der Waals surface area (Å²) in [5, 5.41) is 2.97. The number of benzene rings is 1. The van der Waals surface area contributed by atoms with Gasteiger partial charge in [0.05, 0.1) is 11.6 Å². The number of hydrogen-bond donors (Lipinski definition) is 1. The standard InChI is InChI=1S/C20H23N5O2/c1-14-5-7-15(8-6-14)12-22-19(26)24-11-9-16(13-24)25-18-17(4-3-10-21-18)23(2)20(25)27/h3-8,10,16H,9,11-13H2,1-2H3,(H,22,26)/t16-/m0/s1. The third-order valence-electron chi connectivity index (χ3n) is 5.23. The molecule has 0 aliphatic carbocycles. The van der Waals surface area contributed by atoms with Crippen molar-refractivity contribution >= 4 is 17.2 Å². The van der Waals surface area contributed by atoms with Gasteiger partial charge in [-0.05, 0) is 31.0 Å². The Hall–Kier alpha value is -3.09. The van der Waals surface area contributed by atoms with E-state index in [4.69, 9.17) is 0 Å². The van der Waals surface area contributed by atoms with E-state index in [0.29, 0.717) is 25.3 Å². The highest BCUT2D eigenvalue weighted by molar-refractivity contribution is 5.75. The lowest BCUT2D eigenvalue weighted by Crippen LogP contribution is -2.38. The molecule has 3 aromatic rings. The Morgan fingerprint density at radius 2 is 2.04 bits per heavy atom. The number of urea groups is 1. The first kappa shape index (κ1) is 17.3. The Kier molecular flexibility index (Phi) is 4.43. The van der Waals surface area contributed by atoms with Crippen molar-refractivity contribution in [2.45, 2.75) is 25.9 Å². The molecule has 7 heteroatoms. The van der Waals surface area contributed by atoms with E-state index in [2.05, 4.69) is 10.3 Å². The van der Waals surface area contributed by atoms with E-state index in [1.54, 1.807) is 27.3 Å². The van der Waals surface area contributed by atoms with Gasteiger partial charge in [-0.2, -0.15) is 0 Å². The Bertz CT molecular complexity index is 1030. The molecule has 2 amide bonds. The molecule has 1 N–H and O–H groups in total. The zero-order chi connectivity index (χ0) is 19.0. The second kappa shape index (κ2) is 6.90. The van der Waals surface area contributed by atoms with Gasteiger partial charge in [0.2, 0.25) is 0 Å². The number of pyridine rings is 1. The Balaban J connectivity index is 1.46. The summed E-state index contributed by atoms with van der Waals surface area (Å²) in [6, 6.07) is 11.7. The maximum atomic E-state index is 12.7. The van der Waals surface area contributed by atoms with Gasteiger partial charge in [-0.15, -0.1) is 0 Å². The molecule has 1 aromatic carbocycles. The van der Waals surface area contributed by atoms with Crippen LogP contribution in [0.2, 0.25) is 0 Å². The highest BCUT2D eigenvalue weighted by Gasteiger charge is 2.30. The fourth-order valence-corrected chi connectivity index (χ4v) is 3.65. The molecule has 1 fully saturated rings. The minimum Gasteiger partial charge on any atom is -0.334 e. The highest BCUT2D eigenvalue weighted by Crippen LogP contribution is 2.23. The predicted octanol–water partition coefficient (Wildman–Crippen LogP) is 2.20. The van der Waals surface area contributed by atoms with Gasteiger partial charge in [-0.3, -0.25) is 9.13 Å². The lowest BCUT2D eigenvalue weighted by molar-refractivity contribution is 0.206. The third kappa shape index (κ3) is 3.20. The molecule has 140 valence electrons. The summed E-state index contributed by atoms with van der Waals surface area (Å²) in [6.07, 6.45) is 2.44. The molecule has 3 heterocycles. The van der Waals surface area contributed by atoms with Crippen LogP contribution in [0.15, 0.2) is 47.4 Å². The number of nitrogens with zero attached hydrogens (tertiary/aromatic N) is 4. The zero-order valence-corrected chi connectivity index (χ0v) is 15.6. The van der Waals surface area contributed by atoms with Crippen LogP contribution in [0.25, 0.3) is 11.2 Å². The van der Waals surface area contributed by atoms with Crippen molar-refractivity contribution in [2.24, 2.45) is 7.05 Å². The number of aryl methyl sites for hydroxylation is 2. The number of aromatic nitrogens is 3. The molecular formula is C20H23N5O2. The third-order valence-corrected chi connectivity index (χ3v) is 5.23. The second-order valence-corrected chi connectivity index (χ2v) is 7.09. The van der Waals surface area contributed by atoms with E-state index < -0.39 is 0 Å². The average molecular weight is 365 g/mol. The molecule has 2 aromatic heterocycles. The predicted molar refractivity (Wildman–Crippen MR) is 104 cm³/mol. The summed E-state index contributed by atoms with van der Waals surface area (Å²) in [5.74, 6) is 0. The number of amides is 2. The minimum atomic E-state index is -0.0979. The lowest BCUT2D eigenvalue weighted by atomic mass is 10.1. The first-order chi connectivity index (χ1) is 13.0. The van der Waals surface area contributed by atoms with Gasteiger partial charge < -0.3 is 10.2 Å². The van der Waals surface area contributed by atoms with Crippen molar-refractivity contribution in [3.05, 3.63) is 64.2 Å². The van der Waals surface area contributed by atoms with E-state index in [1.807, 2.05) is 43.3 Å². The first-order valence-corrected chi connectivity index (χ1v) is 9.15. The van der Waals surface area contributed by atoms with Crippen LogP contribution in [-0.4, -0.2) is 38.1 Å². The number of imidazole rings is 1. The van der Waals surface area contributed by atoms with E-state index >= 15 is 0 Å². The van der Waals surface area contributed by atoms with Crippen LogP contribution in [0.1, 0.15) is 23.6 Å². The highest BCUT2D eigenvalue weighted by atomic mass is 16.2. The van der Waals surface area contributed by atoms with Crippen molar-refractivity contribution < 1.29 is 4.79 Å². The van der Waals surface area contributed by atoms with Gasteiger partial charge in [0.15, 0.2) is 5.65 Å². The number of fused-ring (bicyclic) bond motifs is 1. The van der Waals surface area contributed by atoms with Crippen molar-refractivity contribution in [1.29, 1.82) is 0 Å². The molecule has 0 spiro atoms. The summed E-state index contributed by atoms with van der Waals surface area (Å²) < 4.78 is 3.34. The van der Waals surface area contributed by atoms with Crippen LogP contribution in [0, 0.1) is 6.92 Å². The van der Waals surface area contributed by atoms with E-state index in [1.165, 1.54) is 5.56 Å². The van der Waals surface area contributed by atoms with Gasteiger partial charge in [0, 0.05) is 32.9 Å². The van der Waals surface area contributed by atoms with Crippen LogP contribution in [0.4, 0.5) is 4.79 Å². The molecule has 0 unspecified atom stereocenters. The molecule has 4 rings (SSSR count). The van der Waals surface area contributed by atoms with Gasteiger partial charge >= 0.3 is 11.7 Å². The monoisotopic (exact) mass is 365 g/mol. The maximum absolute atomic E-state index is 12.7. The SMILES string of the molecule is Cc1ccc(CNC(=O)N2CC[C@H](n3c(=O)n(C)c4cccnc43)C2)cc1. The van der Waals surface area contributed by atoms with Crippen LogP contribution in [0.5, 0.6) is 0 Å². The molecule has 1 atom stereocenters. The molecule has 1 saturated heterocycles. The number of rotatable bonds is 3. The topological polar surface area (TPSA) is 72.2 Å². The smallest absolute Gasteiger partial charge is 0.330 e. The zero-order valence-electron chi connectivity index (χ0n) is 15.6. The van der Waals surface area contributed by atoms with Gasteiger partial charge in [-0.1, -0.05) is 29.8 Å².